The molecule has 0 radical (unpaired) electrons. The normalized spacial score (nSPS) is 19.5. The van der Waals surface area contributed by atoms with Gasteiger partial charge in [-0.3, -0.25) is 9.59 Å². The molecule has 1 saturated heterocycles. The van der Waals surface area contributed by atoms with Gasteiger partial charge in [-0.1, -0.05) is 46.3 Å². The Balaban J connectivity index is 1.43. The van der Waals surface area contributed by atoms with Crippen LogP contribution in [0, 0.1) is 0 Å². The van der Waals surface area contributed by atoms with Gasteiger partial charge >= 0.3 is 0 Å². The predicted molar refractivity (Wildman–Crippen MR) is 113 cm³/mol. The van der Waals surface area contributed by atoms with Crippen LogP contribution < -0.4 is 10.2 Å². The molecule has 4 rings (SSSR count). The maximum Gasteiger partial charge on any atom is 0.240 e. The number of nitrogens with zero attached hydrogens (tertiary/aromatic N) is 2. The molecule has 146 valence electrons. The fraction of sp³-hybridized carbons (Fsp3) is 0.364. The molecule has 5 nitrogen and oxygen atoms in total. The first-order valence-electron chi connectivity index (χ1n) is 9.77. The highest BCUT2D eigenvalue weighted by Crippen LogP contribution is 2.27. The molecular weight excluding hydrogens is 418 g/mol. The molecule has 6 heteroatoms. The molecule has 1 N–H and O–H groups in total. The van der Waals surface area contributed by atoms with E-state index in [9.17, 15) is 9.59 Å². The molecule has 2 heterocycles. The number of anilines is 1. The van der Waals surface area contributed by atoms with Crippen molar-refractivity contribution in [2.45, 2.75) is 31.8 Å². The highest BCUT2D eigenvalue weighted by Gasteiger charge is 2.32. The molecule has 0 aromatic heterocycles. The van der Waals surface area contributed by atoms with Crippen molar-refractivity contribution < 1.29 is 9.59 Å². The first-order valence-corrected chi connectivity index (χ1v) is 10.6. The monoisotopic (exact) mass is 441 g/mol. The highest BCUT2D eigenvalue weighted by molar-refractivity contribution is 9.10. The van der Waals surface area contributed by atoms with Crippen molar-refractivity contribution in [3.63, 3.8) is 0 Å². The van der Waals surface area contributed by atoms with E-state index in [0.29, 0.717) is 19.6 Å². The molecule has 1 unspecified atom stereocenters. The molecule has 2 aliphatic rings. The second kappa shape index (κ2) is 8.45. The number of para-hydroxylation sites is 1. The highest BCUT2D eigenvalue weighted by atomic mass is 79.9. The summed E-state index contributed by atoms with van der Waals surface area (Å²) in [4.78, 5) is 29.6. The number of aryl methyl sites for hydroxylation is 1. The van der Waals surface area contributed by atoms with Gasteiger partial charge in [0, 0.05) is 36.3 Å². The van der Waals surface area contributed by atoms with Crippen molar-refractivity contribution >= 4 is 33.4 Å². The summed E-state index contributed by atoms with van der Waals surface area (Å²) in [5, 5.41) is 3.24. The fourth-order valence-electron chi connectivity index (χ4n) is 4.04. The Kier molecular flexibility index (Phi) is 5.78. The van der Waals surface area contributed by atoms with E-state index in [1.807, 2.05) is 52.3 Å². The van der Waals surface area contributed by atoms with Gasteiger partial charge in [0.15, 0.2) is 0 Å². The Bertz CT molecular complexity index is 886. The van der Waals surface area contributed by atoms with Crippen LogP contribution in [0.5, 0.6) is 0 Å². The van der Waals surface area contributed by atoms with Gasteiger partial charge in [-0.05, 0) is 42.2 Å². The van der Waals surface area contributed by atoms with E-state index in [-0.39, 0.29) is 18.2 Å². The van der Waals surface area contributed by atoms with Crippen molar-refractivity contribution in [1.82, 2.24) is 10.2 Å². The van der Waals surface area contributed by atoms with E-state index in [2.05, 4.69) is 27.3 Å². The lowest BCUT2D eigenvalue weighted by Crippen LogP contribution is -2.56. The largest absolute Gasteiger partial charge is 0.336 e. The minimum Gasteiger partial charge on any atom is -0.336 e. The molecule has 28 heavy (non-hydrogen) atoms. The number of fused-ring (bicyclic) bond motifs is 1. The summed E-state index contributed by atoms with van der Waals surface area (Å²) in [5.41, 5.74) is 3.29. The minimum absolute atomic E-state index is 0.00451. The Morgan fingerprint density at radius 1 is 1.14 bits per heavy atom. The Hall–Kier alpha value is -2.18. The zero-order valence-electron chi connectivity index (χ0n) is 15.7. The number of benzene rings is 2. The molecular formula is C22H24BrN3O2. The number of rotatable bonds is 4. The first kappa shape index (κ1) is 19.2. The first-order chi connectivity index (χ1) is 13.6. The second-order valence-electron chi connectivity index (χ2n) is 7.38. The van der Waals surface area contributed by atoms with Gasteiger partial charge in [-0.15, -0.1) is 0 Å². The van der Waals surface area contributed by atoms with E-state index in [1.165, 1.54) is 5.56 Å². The van der Waals surface area contributed by atoms with Crippen LogP contribution in [0.4, 0.5) is 5.69 Å². The quantitative estimate of drug-likeness (QED) is 0.792. The molecule has 2 aliphatic heterocycles. The van der Waals surface area contributed by atoms with Gasteiger partial charge in [0.1, 0.15) is 0 Å². The number of carbonyl (C=O) groups is 2. The van der Waals surface area contributed by atoms with Crippen LogP contribution in [0.2, 0.25) is 0 Å². The fourth-order valence-corrected chi connectivity index (χ4v) is 4.49. The second-order valence-corrected chi connectivity index (χ2v) is 8.29. The number of carbonyl (C=O) groups excluding carboxylic acids is 2. The summed E-state index contributed by atoms with van der Waals surface area (Å²) >= 11 is 3.48. The van der Waals surface area contributed by atoms with E-state index in [1.54, 1.807) is 0 Å². The summed E-state index contributed by atoms with van der Waals surface area (Å²) in [6, 6.07) is 15.6. The lowest BCUT2D eigenvalue weighted by Gasteiger charge is -2.35. The summed E-state index contributed by atoms with van der Waals surface area (Å²) in [5.74, 6) is 0.0205. The molecule has 2 amide bonds. The van der Waals surface area contributed by atoms with Gasteiger partial charge in [-0.2, -0.15) is 0 Å². The smallest absolute Gasteiger partial charge is 0.240 e. The number of piperazine rings is 1. The standard InChI is InChI=1S/C22H24BrN3O2/c23-18-8-3-5-16(13-18)15-25-12-10-24-19(22(25)28)14-21(27)26-11-4-7-17-6-1-2-9-20(17)26/h1-3,5-6,8-9,13,19,24H,4,7,10-12,14-15H2. The predicted octanol–water partition coefficient (Wildman–Crippen LogP) is 3.12. The Morgan fingerprint density at radius 3 is 2.86 bits per heavy atom. The molecule has 1 fully saturated rings. The van der Waals surface area contributed by atoms with Crippen molar-refractivity contribution in [2.24, 2.45) is 0 Å². The lowest BCUT2D eigenvalue weighted by molar-refractivity contribution is -0.138. The third kappa shape index (κ3) is 4.13. The molecule has 2 aromatic carbocycles. The Morgan fingerprint density at radius 2 is 2.00 bits per heavy atom. The van der Waals surface area contributed by atoms with Gasteiger partial charge < -0.3 is 15.1 Å². The zero-order chi connectivity index (χ0) is 19.5. The summed E-state index contributed by atoms with van der Waals surface area (Å²) in [6.07, 6.45) is 2.16. The molecule has 0 aliphatic carbocycles. The van der Waals surface area contributed by atoms with Crippen LogP contribution in [-0.2, 0) is 22.6 Å². The van der Waals surface area contributed by atoms with Crippen molar-refractivity contribution in [3.8, 4) is 0 Å². The molecule has 0 saturated carbocycles. The van der Waals surface area contributed by atoms with E-state index < -0.39 is 6.04 Å². The average molecular weight is 442 g/mol. The van der Waals surface area contributed by atoms with Crippen LogP contribution in [0.25, 0.3) is 0 Å². The van der Waals surface area contributed by atoms with Gasteiger partial charge in [-0.25, -0.2) is 0 Å². The number of halogens is 1. The van der Waals surface area contributed by atoms with Crippen molar-refractivity contribution in [1.29, 1.82) is 0 Å². The van der Waals surface area contributed by atoms with E-state index >= 15 is 0 Å². The maximum absolute atomic E-state index is 13.0. The van der Waals surface area contributed by atoms with Crippen LogP contribution in [0.1, 0.15) is 24.0 Å². The topological polar surface area (TPSA) is 52.7 Å². The van der Waals surface area contributed by atoms with Gasteiger partial charge in [0.2, 0.25) is 11.8 Å². The SMILES string of the molecule is O=C1C(CC(=O)N2CCCc3ccccc32)NCCN1Cc1cccc(Br)c1. The molecule has 0 spiro atoms. The third-order valence-electron chi connectivity index (χ3n) is 5.43. The lowest BCUT2D eigenvalue weighted by atomic mass is 10.0. The van der Waals surface area contributed by atoms with E-state index in [4.69, 9.17) is 0 Å². The zero-order valence-corrected chi connectivity index (χ0v) is 17.3. The minimum atomic E-state index is -0.456. The van der Waals surface area contributed by atoms with E-state index in [0.717, 1.165) is 35.1 Å². The number of hydrogen-bond acceptors (Lipinski definition) is 3. The average Bonchev–Trinajstić information content (AvgIpc) is 2.70. The summed E-state index contributed by atoms with van der Waals surface area (Å²) in [6.45, 7) is 2.65. The van der Waals surface area contributed by atoms with Crippen LogP contribution >= 0.6 is 15.9 Å². The Labute approximate surface area is 173 Å². The third-order valence-corrected chi connectivity index (χ3v) is 5.93. The maximum atomic E-state index is 13.0. The van der Waals surface area contributed by atoms with Crippen LogP contribution in [-0.4, -0.2) is 42.4 Å². The molecule has 2 aromatic rings. The van der Waals surface area contributed by atoms with Crippen molar-refractivity contribution in [3.05, 3.63) is 64.1 Å². The number of hydrogen-bond donors (Lipinski definition) is 1. The van der Waals surface area contributed by atoms with Crippen molar-refractivity contribution in [2.75, 3.05) is 24.5 Å². The van der Waals surface area contributed by atoms with Crippen LogP contribution in [0.3, 0.4) is 0 Å². The number of amides is 2. The summed E-state index contributed by atoms with van der Waals surface area (Å²) in [7, 11) is 0. The van der Waals surface area contributed by atoms with Crippen LogP contribution in [0.15, 0.2) is 53.0 Å². The molecule has 0 bridgehead atoms. The number of nitrogens with one attached hydrogen (secondary N) is 1. The molecule has 1 atom stereocenters. The van der Waals surface area contributed by atoms with Gasteiger partial charge in [0.05, 0.1) is 12.5 Å². The van der Waals surface area contributed by atoms with Gasteiger partial charge in [0.25, 0.3) is 0 Å². The summed E-state index contributed by atoms with van der Waals surface area (Å²) < 4.78 is 1.00.